The molecule has 1 N–H and O–H groups in total. The number of anilines is 1. The van der Waals surface area contributed by atoms with E-state index in [9.17, 15) is 5.11 Å². The van der Waals surface area contributed by atoms with Gasteiger partial charge in [-0.1, -0.05) is 34.8 Å². The van der Waals surface area contributed by atoms with Crippen LogP contribution in [0.4, 0.5) is 5.82 Å². The number of hydrogen-bond donors (Lipinski definition) is 1. The molecule has 150 valence electrons. The lowest BCUT2D eigenvalue weighted by atomic mass is 9.88. The molecular weight excluding hydrogens is 421 g/mol. The molecular formula is C20H22Cl3N3O2. The van der Waals surface area contributed by atoms with Gasteiger partial charge in [0, 0.05) is 30.3 Å². The number of ether oxygens (including phenoxy) is 1. The Morgan fingerprint density at radius 2 is 1.89 bits per heavy atom. The first-order valence-electron chi connectivity index (χ1n) is 9.45. The molecule has 2 aliphatic rings. The van der Waals surface area contributed by atoms with Gasteiger partial charge in [-0.15, -0.1) is 0 Å². The van der Waals surface area contributed by atoms with E-state index in [2.05, 4.69) is 9.88 Å². The minimum Gasteiger partial charge on any atom is -0.390 e. The molecule has 0 radical (unpaired) electrons. The second-order valence-electron chi connectivity index (χ2n) is 7.46. The van der Waals surface area contributed by atoms with Crippen LogP contribution in [-0.2, 0) is 11.3 Å². The van der Waals surface area contributed by atoms with Crippen LogP contribution in [0.3, 0.4) is 0 Å². The van der Waals surface area contributed by atoms with Crippen molar-refractivity contribution in [1.29, 1.82) is 0 Å². The zero-order valence-electron chi connectivity index (χ0n) is 15.6. The van der Waals surface area contributed by atoms with Crippen LogP contribution in [0, 0.1) is 6.92 Å². The van der Waals surface area contributed by atoms with Gasteiger partial charge in [0.15, 0.2) is 5.82 Å². The standard InChI is InChI=1S/C20H22Cl3N3O2/c1-12-18(14-9-13(21)10-15(22)17(14)23)25-16(11-27)19(24-12)26-6-4-20(5-7-26)3-2-8-28-20/h9-10,27H,2-8,11H2,1H3. The maximum absolute atomic E-state index is 9.96. The molecule has 2 fully saturated rings. The van der Waals surface area contributed by atoms with Crippen molar-refractivity contribution in [2.45, 2.75) is 44.8 Å². The molecule has 0 atom stereocenters. The summed E-state index contributed by atoms with van der Waals surface area (Å²) in [6.07, 6.45) is 4.20. The van der Waals surface area contributed by atoms with E-state index in [1.165, 1.54) is 0 Å². The highest BCUT2D eigenvalue weighted by Crippen LogP contribution is 2.39. The molecule has 0 saturated carbocycles. The molecule has 2 aromatic rings. The average molecular weight is 443 g/mol. The van der Waals surface area contributed by atoms with E-state index < -0.39 is 0 Å². The molecule has 28 heavy (non-hydrogen) atoms. The summed E-state index contributed by atoms with van der Waals surface area (Å²) in [5.41, 5.74) is 2.46. The average Bonchev–Trinajstić information content (AvgIpc) is 3.13. The molecule has 4 rings (SSSR count). The minimum atomic E-state index is -0.209. The Balaban J connectivity index is 1.67. The third kappa shape index (κ3) is 3.71. The van der Waals surface area contributed by atoms with E-state index in [4.69, 9.17) is 44.5 Å². The van der Waals surface area contributed by atoms with Crippen molar-refractivity contribution in [1.82, 2.24) is 9.97 Å². The fourth-order valence-electron chi connectivity index (χ4n) is 4.16. The van der Waals surface area contributed by atoms with Crippen LogP contribution in [0.25, 0.3) is 11.3 Å². The topological polar surface area (TPSA) is 58.5 Å². The van der Waals surface area contributed by atoms with Crippen LogP contribution < -0.4 is 4.90 Å². The van der Waals surface area contributed by atoms with Crippen LogP contribution in [0.1, 0.15) is 37.1 Å². The molecule has 0 bridgehead atoms. The quantitative estimate of drug-likeness (QED) is 0.674. The van der Waals surface area contributed by atoms with Crippen LogP contribution in [0.2, 0.25) is 15.1 Å². The number of halogens is 3. The Labute approximate surface area is 179 Å². The van der Waals surface area contributed by atoms with Gasteiger partial charge in [0.05, 0.1) is 33.6 Å². The first kappa shape index (κ1) is 20.2. The van der Waals surface area contributed by atoms with E-state index in [-0.39, 0.29) is 12.2 Å². The SMILES string of the molecule is Cc1nc(N2CCC3(CCCO3)CC2)c(CO)nc1-c1cc(Cl)cc(Cl)c1Cl. The second-order valence-corrected chi connectivity index (χ2v) is 8.68. The first-order valence-corrected chi connectivity index (χ1v) is 10.6. The monoisotopic (exact) mass is 441 g/mol. The summed E-state index contributed by atoms with van der Waals surface area (Å²) in [4.78, 5) is 11.6. The van der Waals surface area contributed by atoms with Crippen LogP contribution in [-0.4, -0.2) is 40.4 Å². The number of hydrogen-bond acceptors (Lipinski definition) is 5. The molecule has 0 unspecified atom stereocenters. The zero-order chi connectivity index (χ0) is 19.9. The molecule has 2 aliphatic heterocycles. The smallest absolute Gasteiger partial charge is 0.153 e. The summed E-state index contributed by atoms with van der Waals surface area (Å²) in [6.45, 7) is 4.20. The summed E-state index contributed by atoms with van der Waals surface area (Å²) < 4.78 is 6.01. The van der Waals surface area contributed by atoms with Crippen molar-refractivity contribution in [3.63, 3.8) is 0 Å². The number of aromatic nitrogens is 2. The van der Waals surface area contributed by atoms with E-state index >= 15 is 0 Å². The highest BCUT2D eigenvalue weighted by molar-refractivity contribution is 6.45. The fraction of sp³-hybridized carbons (Fsp3) is 0.500. The Morgan fingerprint density at radius 1 is 1.14 bits per heavy atom. The summed E-state index contributed by atoms with van der Waals surface area (Å²) in [5.74, 6) is 0.723. The summed E-state index contributed by atoms with van der Waals surface area (Å²) in [6, 6.07) is 3.31. The van der Waals surface area contributed by atoms with Crippen molar-refractivity contribution in [2.75, 3.05) is 24.6 Å². The van der Waals surface area contributed by atoms with Crippen LogP contribution in [0.5, 0.6) is 0 Å². The van der Waals surface area contributed by atoms with Gasteiger partial charge in [-0.3, -0.25) is 0 Å². The Hall–Kier alpha value is -1.11. The number of piperidine rings is 1. The van der Waals surface area contributed by atoms with E-state index in [0.717, 1.165) is 51.2 Å². The van der Waals surface area contributed by atoms with Gasteiger partial charge in [-0.25, -0.2) is 9.97 Å². The summed E-state index contributed by atoms with van der Waals surface area (Å²) >= 11 is 18.7. The highest BCUT2D eigenvalue weighted by atomic mass is 35.5. The van der Waals surface area contributed by atoms with Gasteiger partial charge < -0.3 is 14.7 Å². The molecule has 1 aromatic heterocycles. The van der Waals surface area contributed by atoms with E-state index in [1.807, 2.05) is 6.92 Å². The van der Waals surface area contributed by atoms with Crippen molar-refractivity contribution in [2.24, 2.45) is 0 Å². The van der Waals surface area contributed by atoms with Gasteiger partial charge in [-0.2, -0.15) is 0 Å². The number of benzene rings is 1. The Kier molecular flexibility index (Phi) is 5.73. The van der Waals surface area contributed by atoms with Gasteiger partial charge in [0.25, 0.3) is 0 Å². The Bertz CT molecular complexity index is 891. The molecule has 5 nitrogen and oxygen atoms in total. The maximum atomic E-state index is 9.96. The molecule has 3 heterocycles. The third-order valence-corrected chi connectivity index (χ3v) is 6.70. The molecule has 8 heteroatoms. The number of aliphatic hydroxyl groups is 1. The first-order chi connectivity index (χ1) is 13.4. The number of aryl methyl sites for hydroxylation is 1. The van der Waals surface area contributed by atoms with Gasteiger partial charge in [0.1, 0.15) is 5.69 Å². The minimum absolute atomic E-state index is 0.0311. The van der Waals surface area contributed by atoms with Crippen LogP contribution in [0.15, 0.2) is 12.1 Å². The van der Waals surface area contributed by atoms with Crippen molar-refractivity contribution >= 4 is 40.6 Å². The normalized spacial score (nSPS) is 18.8. The zero-order valence-corrected chi connectivity index (χ0v) is 17.9. The molecule has 1 aromatic carbocycles. The lowest BCUT2D eigenvalue weighted by Crippen LogP contribution is -2.44. The predicted octanol–water partition coefficient (Wildman–Crippen LogP) is 5.05. The molecule has 0 aliphatic carbocycles. The van der Waals surface area contributed by atoms with Crippen LogP contribution >= 0.6 is 34.8 Å². The lowest BCUT2D eigenvalue weighted by molar-refractivity contribution is -0.0147. The van der Waals surface area contributed by atoms with Gasteiger partial charge in [-0.05, 0) is 44.7 Å². The van der Waals surface area contributed by atoms with E-state index in [0.29, 0.717) is 37.7 Å². The second kappa shape index (κ2) is 7.96. The fourth-order valence-corrected chi connectivity index (χ4v) is 4.85. The maximum Gasteiger partial charge on any atom is 0.153 e. The number of nitrogens with zero attached hydrogens (tertiary/aromatic N) is 3. The molecule has 2 saturated heterocycles. The van der Waals surface area contributed by atoms with E-state index in [1.54, 1.807) is 12.1 Å². The molecule has 1 spiro atoms. The van der Waals surface area contributed by atoms with Gasteiger partial charge >= 0.3 is 0 Å². The molecule has 0 amide bonds. The largest absolute Gasteiger partial charge is 0.390 e. The number of rotatable bonds is 3. The third-order valence-electron chi connectivity index (χ3n) is 5.68. The number of aliphatic hydroxyl groups excluding tert-OH is 1. The van der Waals surface area contributed by atoms with Crippen molar-refractivity contribution < 1.29 is 9.84 Å². The van der Waals surface area contributed by atoms with Gasteiger partial charge in [0.2, 0.25) is 0 Å². The lowest BCUT2D eigenvalue weighted by Gasteiger charge is -2.39. The summed E-state index contributed by atoms with van der Waals surface area (Å²) in [7, 11) is 0. The van der Waals surface area contributed by atoms with Crippen molar-refractivity contribution in [3.8, 4) is 11.3 Å². The Morgan fingerprint density at radius 3 is 2.54 bits per heavy atom. The van der Waals surface area contributed by atoms with Crippen molar-refractivity contribution in [3.05, 3.63) is 38.6 Å². The highest BCUT2D eigenvalue weighted by Gasteiger charge is 2.39. The summed E-state index contributed by atoms with van der Waals surface area (Å²) in [5, 5.41) is 11.2. The predicted molar refractivity (Wildman–Crippen MR) is 113 cm³/mol.